The summed E-state index contributed by atoms with van der Waals surface area (Å²) in [7, 11) is 0. The van der Waals surface area contributed by atoms with Crippen molar-refractivity contribution in [1.29, 1.82) is 0 Å². The molecule has 0 radical (unpaired) electrons. The first kappa shape index (κ1) is 30.3. The molecule has 0 spiro atoms. The van der Waals surface area contributed by atoms with Crippen molar-refractivity contribution < 1.29 is 9.80 Å². The molecule has 0 saturated heterocycles. The fourth-order valence-corrected chi connectivity index (χ4v) is 7.15. The number of para-hydroxylation sites is 2. The average Bonchev–Trinajstić information content (AvgIpc) is 3.11. The average molecular weight is 607 g/mol. The van der Waals surface area contributed by atoms with E-state index in [1.807, 2.05) is 0 Å². The first-order chi connectivity index (χ1) is 22.8. The van der Waals surface area contributed by atoms with Crippen molar-refractivity contribution in [2.24, 2.45) is 9.98 Å². The molecule has 2 atom stereocenters. The van der Waals surface area contributed by atoms with Crippen LogP contribution < -0.4 is 9.80 Å². The Hall–Kier alpha value is -4.38. The highest BCUT2D eigenvalue weighted by atomic mass is 15.1. The Labute approximate surface area is 274 Å². The topological polar surface area (TPSA) is 33.6 Å². The van der Waals surface area contributed by atoms with Gasteiger partial charge in [-0.15, -0.1) is 0 Å². The monoisotopic (exact) mass is 606 g/mol. The molecule has 4 heterocycles. The molecule has 0 aliphatic carbocycles. The van der Waals surface area contributed by atoms with Crippen LogP contribution in [0.15, 0.2) is 132 Å². The maximum Gasteiger partial charge on any atom is 0.145 e. The quantitative estimate of drug-likeness (QED) is 0.207. The molecule has 0 aromatic heterocycles. The maximum absolute atomic E-state index is 5.12. The molecule has 4 heteroatoms. The van der Waals surface area contributed by atoms with E-state index < -0.39 is 0 Å². The van der Waals surface area contributed by atoms with Gasteiger partial charge in [0.1, 0.15) is 23.8 Å². The van der Waals surface area contributed by atoms with E-state index in [0.717, 1.165) is 24.5 Å². The fraction of sp³-hybridized carbons (Fsp3) is 0.286. The largest absolute Gasteiger partial charge is 0.280 e. The van der Waals surface area contributed by atoms with Gasteiger partial charge in [0.05, 0.1) is 48.7 Å². The minimum absolute atomic E-state index is 0.662. The van der Waals surface area contributed by atoms with Crippen LogP contribution >= 0.6 is 0 Å². The van der Waals surface area contributed by atoms with Crippen LogP contribution in [-0.4, -0.2) is 24.5 Å². The Morgan fingerprint density at radius 2 is 0.870 bits per heavy atom. The van der Waals surface area contributed by atoms with Gasteiger partial charge in [-0.3, -0.25) is 19.8 Å². The number of benzene rings is 4. The van der Waals surface area contributed by atoms with Gasteiger partial charge in [0.15, 0.2) is 0 Å². The standard InChI is InChI=1S/C42H44N4/c1-2-4-6-12-26-46-28-24-40(38-20-8-10-22-42(38)46)44-32-34-16-14-18-36(30-34)35-17-13-15-33(29-35)31-43-39-23-27-45(25-11-5-3-1)41-21-9-7-19-37(39)41/h7-10,13-24,27-30H,1-6,11-12,25-26,31-32H2/p+2. The number of fused-ring (bicyclic) bond motifs is 12. The van der Waals surface area contributed by atoms with Gasteiger partial charge in [-0.2, -0.15) is 0 Å². The number of quaternary nitrogens is 2. The lowest BCUT2D eigenvalue weighted by molar-refractivity contribution is -0.776. The summed E-state index contributed by atoms with van der Waals surface area (Å²) in [6.07, 6.45) is 19.6. The molecule has 4 aliphatic rings. The third-order valence-corrected chi connectivity index (χ3v) is 9.68. The molecule has 4 aliphatic heterocycles. The minimum atomic E-state index is 0.662. The molecule has 4 aromatic carbocycles. The van der Waals surface area contributed by atoms with Crippen LogP contribution in [0.3, 0.4) is 0 Å². The van der Waals surface area contributed by atoms with Gasteiger partial charge < -0.3 is 0 Å². The molecule has 46 heavy (non-hydrogen) atoms. The molecule has 0 amide bonds. The van der Waals surface area contributed by atoms with E-state index in [1.165, 1.54) is 106 Å². The van der Waals surface area contributed by atoms with Crippen LogP contribution in [0, 0.1) is 0 Å². The number of hydrogen-bond acceptors (Lipinski definition) is 2. The van der Waals surface area contributed by atoms with E-state index >= 15 is 0 Å². The summed E-state index contributed by atoms with van der Waals surface area (Å²) in [6, 6.07) is 35.3. The first-order valence-electron chi connectivity index (χ1n) is 17.4. The second-order valence-electron chi connectivity index (χ2n) is 12.9. The Balaban J connectivity index is 1.15. The number of aliphatic imine (C=N–C) groups is 2. The fourth-order valence-electron chi connectivity index (χ4n) is 7.15. The first-order valence-corrected chi connectivity index (χ1v) is 17.4. The number of nitrogens with zero attached hydrogens (tertiary/aromatic N) is 2. The van der Waals surface area contributed by atoms with E-state index in [2.05, 4.69) is 122 Å². The van der Waals surface area contributed by atoms with Gasteiger partial charge >= 0.3 is 0 Å². The van der Waals surface area contributed by atoms with Crippen molar-refractivity contribution in [1.82, 2.24) is 0 Å². The molecule has 0 saturated carbocycles. The highest BCUT2D eigenvalue weighted by molar-refractivity contribution is 6.12. The molecule has 8 rings (SSSR count). The van der Waals surface area contributed by atoms with Gasteiger partial charge in [-0.05, 0) is 72.2 Å². The van der Waals surface area contributed by atoms with Crippen LogP contribution in [0.1, 0.15) is 73.6 Å². The summed E-state index contributed by atoms with van der Waals surface area (Å²) in [6.45, 7) is 3.61. The molecular weight excluding hydrogens is 560 g/mol. The lowest BCUT2D eigenvalue weighted by atomic mass is 10.00. The van der Waals surface area contributed by atoms with Crippen molar-refractivity contribution in [3.05, 3.63) is 144 Å². The van der Waals surface area contributed by atoms with E-state index in [9.17, 15) is 0 Å². The maximum atomic E-state index is 5.12. The zero-order valence-corrected chi connectivity index (χ0v) is 26.9. The zero-order valence-electron chi connectivity index (χ0n) is 26.9. The second-order valence-corrected chi connectivity index (χ2v) is 12.9. The van der Waals surface area contributed by atoms with Crippen LogP contribution in [0.2, 0.25) is 0 Å². The van der Waals surface area contributed by atoms with Gasteiger partial charge in [0.25, 0.3) is 0 Å². The van der Waals surface area contributed by atoms with Gasteiger partial charge in [-0.25, -0.2) is 0 Å². The molecular formula is C42H46N4+2. The lowest BCUT2D eigenvalue weighted by Gasteiger charge is -2.21. The van der Waals surface area contributed by atoms with Gasteiger partial charge in [-0.1, -0.05) is 86.3 Å². The minimum Gasteiger partial charge on any atom is -0.280 e. The van der Waals surface area contributed by atoms with Gasteiger partial charge in [0, 0.05) is 24.3 Å². The van der Waals surface area contributed by atoms with Crippen molar-refractivity contribution in [3.63, 3.8) is 0 Å². The molecule has 4 nitrogen and oxygen atoms in total. The SMILES string of the molecule is C1=C[NH+]2CCCCCCCCCC[NH+]3C=CC(=NCc4cccc(c4)-c4cccc(c4)CN=C1c1ccccc12)c1ccccc13. The Morgan fingerprint density at radius 1 is 0.435 bits per heavy atom. The number of nitrogens with one attached hydrogen (secondary N) is 2. The highest BCUT2D eigenvalue weighted by Crippen LogP contribution is 2.24. The van der Waals surface area contributed by atoms with Gasteiger partial charge in [0.2, 0.25) is 0 Å². The summed E-state index contributed by atoms with van der Waals surface area (Å²) < 4.78 is 0. The highest BCUT2D eigenvalue weighted by Gasteiger charge is 2.23. The lowest BCUT2D eigenvalue weighted by Crippen LogP contribution is -3.03. The normalized spacial score (nSPS) is 20.5. The van der Waals surface area contributed by atoms with E-state index in [0.29, 0.717) is 13.1 Å². The molecule has 8 bridgehead atoms. The molecule has 2 N–H and O–H groups in total. The predicted octanol–water partition coefficient (Wildman–Crippen LogP) is 7.55. The molecule has 232 valence electrons. The van der Waals surface area contributed by atoms with Crippen molar-refractivity contribution in [2.45, 2.75) is 64.5 Å². The Kier molecular flexibility index (Phi) is 9.75. The summed E-state index contributed by atoms with van der Waals surface area (Å²) in [5.74, 6) is 0. The predicted molar refractivity (Wildman–Crippen MR) is 191 cm³/mol. The zero-order chi connectivity index (χ0) is 31.0. The summed E-state index contributed by atoms with van der Waals surface area (Å²) >= 11 is 0. The third-order valence-electron chi connectivity index (χ3n) is 9.68. The molecule has 0 fully saturated rings. The summed E-state index contributed by atoms with van der Waals surface area (Å²) in [5, 5.41) is 0. The number of hydrogen-bond donors (Lipinski definition) is 2. The smallest absolute Gasteiger partial charge is 0.145 e. The Bertz CT molecular complexity index is 1650. The number of rotatable bonds is 0. The summed E-state index contributed by atoms with van der Waals surface area (Å²) in [5.41, 5.74) is 12.3. The van der Waals surface area contributed by atoms with E-state index in [-0.39, 0.29) is 0 Å². The van der Waals surface area contributed by atoms with Crippen molar-refractivity contribution in [3.8, 4) is 11.1 Å². The molecule has 2 unspecified atom stereocenters. The second kappa shape index (κ2) is 14.8. The molecule has 4 aromatic rings. The summed E-state index contributed by atoms with van der Waals surface area (Å²) in [4.78, 5) is 13.2. The van der Waals surface area contributed by atoms with E-state index in [1.54, 1.807) is 0 Å². The van der Waals surface area contributed by atoms with Crippen LogP contribution in [0.4, 0.5) is 11.4 Å². The van der Waals surface area contributed by atoms with E-state index in [4.69, 9.17) is 9.98 Å². The van der Waals surface area contributed by atoms with Crippen LogP contribution in [0.25, 0.3) is 11.1 Å². The Morgan fingerprint density at radius 3 is 1.35 bits per heavy atom. The van der Waals surface area contributed by atoms with Crippen LogP contribution in [0.5, 0.6) is 0 Å². The number of allylic oxidation sites excluding steroid dienone is 2. The van der Waals surface area contributed by atoms with Crippen LogP contribution in [-0.2, 0) is 13.1 Å². The van der Waals surface area contributed by atoms with Crippen molar-refractivity contribution >= 4 is 22.8 Å². The van der Waals surface area contributed by atoms with Crippen molar-refractivity contribution in [2.75, 3.05) is 13.1 Å². The third kappa shape index (κ3) is 7.20.